The molecule has 0 saturated carbocycles. The van der Waals surface area contributed by atoms with E-state index in [1.165, 1.54) is 5.56 Å². The molecule has 0 fully saturated rings. The van der Waals surface area contributed by atoms with Crippen LogP contribution in [0.5, 0.6) is 0 Å². The summed E-state index contributed by atoms with van der Waals surface area (Å²) in [4.78, 5) is 12.1. The van der Waals surface area contributed by atoms with Crippen LogP contribution in [0.4, 0.5) is 0 Å². The highest BCUT2D eigenvalue weighted by Crippen LogP contribution is 2.21. The minimum absolute atomic E-state index is 0.112. The van der Waals surface area contributed by atoms with E-state index < -0.39 is 0 Å². The van der Waals surface area contributed by atoms with Crippen LogP contribution in [0, 0.1) is 6.92 Å². The van der Waals surface area contributed by atoms with Crippen LogP contribution in [-0.2, 0) is 5.75 Å². The van der Waals surface area contributed by atoms with Gasteiger partial charge in [-0.2, -0.15) is 5.10 Å². The van der Waals surface area contributed by atoms with Crippen molar-refractivity contribution in [3.63, 3.8) is 0 Å². The lowest BCUT2D eigenvalue weighted by molar-refractivity contribution is 0.0953. The predicted octanol–water partition coefficient (Wildman–Crippen LogP) is 3.40. The lowest BCUT2D eigenvalue weighted by atomic mass is 10.2. The zero-order valence-corrected chi connectivity index (χ0v) is 15.7. The number of hydrogen-bond acceptors (Lipinski definition) is 5. The lowest BCUT2D eigenvalue weighted by Gasteiger charge is -2.06. The van der Waals surface area contributed by atoms with E-state index in [0.717, 1.165) is 22.9 Å². The average Bonchev–Trinajstić information content (AvgIpc) is 3.07. The van der Waals surface area contributed by atoms with Crippen LogP contribution < -0.4 is 5.32 Å². The fourth-order valence-corrected chi connectivity index (χ4v) is 3.20. The van der Waals surface area contributed by atoms with Gasteiger partial charge in [-0.15, -0.1) is 10.2 Å². The first-order valence-electron chi connectivity index (χ1n) is 8.52. The van der Waals surface area contributed by atoms with Gasteiger partial charge in [0.05, 0.1) is 17.5 Å². The summed E-state index contributed by atoms with van der Waals surface area (Å²) in [6.45, 7) is 4.52. The Hall–Kier alpha value is -2.67. The fourth-order valence-electron chi connectivity index (χ4n) is 2.43. The van der Waals surface area contributed by atoms with Gasteiger partial charge < -0.3 is 5.32 Å². The van der Waals surface area contributed by atoms with Crippen molar-refractivity contribution in [2.24, 2.45) is 0 Å². The average molecular weight is 367 g/mol. The zero-order valence-electron chi connectivity index (χ0n) is 14.8. The minimum atomic E-state index is -0.112. The number of carbonyl (C=O) groups is 1. The van der Waals surface area contributed by atoms with Crippen molar-refractivity contribution in [2.75, 3.05) is 6.54 Å². The number of carbonyl (C=O) groups excluding carboxylic acids is 1. The Bertz CT molecular complexity index is 861. The quantitative estimate of drug-likeness (QED) is 0.648. The van der Waals surface area contributed by atoms with E-state index in [9.17, 15) is 4.79 Å². The molecule has 0 saturated heterocycles. The van der Waals surface area contributed by atoms with Crippen molar-refractivity contribution >= 4 is 17.7 Å². The minimum Gasteiger partial charge on any atom is -0.352 e. The standard InChI is InChI=1S/C19H21N5OS/c1-3-11-20-19(25)16-12-21-24(14(16)2)17-9-10-18(23-22-17)26-13-15-7-5-4-6-8-15/h4-10,12H,3,11,13H2,1-2H3,(H,20,25). The summed E-state index contributed by atoms with van der Waals surface area (Å²) >= 11 is 1.63. The number of aromatic nitrogens is 4. The molecule has 1 N–H and O–H groups in total. The Morgan fingerprint density at radius 1 is 1.15 bits per heavy atom. The Morgan fingerprint density at radius 2 is 1.96 bits per heavy atom. The van der Waals surface area contributed by atoms with E-state index in [0.29, 0.717) is 17.9 Å². The normalized spacial score (nSPS) is 10.7. The Balaban J connectivity index is 1.69. The van der Waals surface area contributed by atoms with Gasteiger partial charge in [-0.1, -0.05) is 49.0 Å². The monoisotopic (exact) mass is 367 g/mol. The zero-order chi connectivity index (χ0) is 18.4. The second-order valence-corrected chi connectivity index (χ2v) is 6.81. The molecule has 7 heteroatoms. The second-order valence-electron chi connectivity index (χ2n) is 5.82. The van der Waals surface area contributed by atoms with Crippen LogP contribution in [0.3, 0.4) is 0 Å². The highest BCUT2D eigenvalue weighted by molar-refractivity contribution is 7.98. The highest BCUT2D eigenvalue weighted by atomic mass is 32.2. The van der Waals surface area contributed by atoms with Crippen molar-refractivity contribution in [3.8, 4) is 5.82 Å². The molecule has 1 aromatic carbocycles. The van der Waals surface area contributed by atoms with Crippen LogP contribution in [0.2, 0.25) is 0 Å². The summed E-state index contributed by atoms with van der Waals surface area (Å²) in [7, 11) is 0. The number of thioether (sulfide) groups is 1. The molecule has 3 aromatic rings. The van der Waals surface area contributed by atoms with Gasteiger partial charge in [-0.05, 0) is 31.0 Å². The molecule has 0 unspecified atom stereocenters. The summed E-state index contributed by atoms with van der Waals surface area (Å²) in [6, 6.07) is 14.0. The second kappa shape index (κ2) is 8.62. The van der Waals surface area contributed by atoms with E-state index in [2.05, 4.69) is 32.7 Å². The lowest BCUT2D eigenvalue weighted by Crippen LogP contribution is -2.24. The van der Waals surface area contributed by atoms with Gasteiger partial charge in [0.25, 0.3) is 5.91 Å². The largest absolute Gasteiger partial charge is 0.352 e. The molecule has 2 aromatic heterocycles. The van der Waals surface area contributed by atoms with Gasteiger partial charge in [0, 0.05) is 12.3 Å². The Labute approximate surface area is 157 Å². The number of nitrogens with one attached hydrogen (secondary N) is 1. The van der Waals surface area contributed by atoms with Crippen LogP contribution in [0.1, 0.15) is 35.0 Å². The van der Waals surface area contributed by atoms with Gasteiger partial charge >= 0.3 is 0 Å². The SMILES string of the molecule is CCCNC(=O)c1cnn(-c2ccc(SCc3ccccc3)nn2)c1C. The van der Waals surface area contributed by atoms with Crippen molar-refractivity contribution in [1.29, 1.82) is 0 Å². The number of benzene rings is 1. The summed E-state index contributed by atoms with van der Waals surface area (Å²) in [5.41, 5.74) is 2.55. The Kier molecular flexibility index (Phi) is 6.01. The maximum absolute atomic E-state index is 12.1. The summed E-state index contributed by atoms with van der Waals surface area (Å²) in [5, 5.41) is 16.5. The third kappa shape index (κ3) is 4.29. The molecule has 0 bridgehead atoms. The third-order valence-corrected chi connectivity index (χ3v) is 4.85. The van der Waals surface area contributed by atoms with Crippen LogP contribution >= 0.6 is 11.8 Å². The van der Waals surface area contributed by atoms with Crippen LogP contribution in [0.25, 0.3) is 5.82 Å². The molecule has 0 aliphatic carbocycles. The molecule has 3 rings (SSSR count). The predicted molar refractivity (Wildman–Crippen MR) is 103 cm³/mol. The fraction of sp³-hybridized carbons (Fsp3) is 0.263. The topological polar surface area (TPSA) is 72.7 Å². The van der Waals surface area contributed by atoms with Crippen LogP contribution in [0.15, 0.2) is 53.7 Å². The summed E-state index contributed by atoms with van der Waals surface area (Å²) in [6.07, 6.45) is 2.46. The van der Waals surface area contributed by atoms with E-state index in [4.69, 9.17) is 0 Å². The first kappa shape index (κ1) is 18.1. The van der Waals surface area contributed by atoms with Gasteiger partial charge in [0.2, 0.25) is 0 Å². The van der Waals surface area contributed by atoms with Crippen molar-refractivity contribution in [3.05, 3.63) is 65.5 Å². The molecule has 1 amide bonds. The molecule has 0 atom stereocenters. The van der Waals surface area contributed by atoms with Gasteiger partial charge in [-0.25, -0.2) is 4.68 Å². The molecular formula is C19H21N5OS. The Morgan fingerprint density at radius 3 is 2.65 bits per heavy atom. The summed E-state index contributed by atoms with van der Waals surface area (Å²) < 4.78 is 1.64. The van der Waals surface area contributed by atoms with E-state index >= 15 is 0 Å². The van der Waals surface area contributed by atoms with Gasteiger partial charge in [0.15, 0.2) is 5.82 Å². The molecule has 26 heavy (non-hydrogen) atoms. The first-order chi connectivity index (χ1) is 12.7. The number of nitrogens with zero attached hydrogens (tertiary/aromatic N) is 4. The summed E-state index contributed by atoms with van der Waals surface area (Å²) in [5.74, 6) is 1.33. The number of hydrogen-bond donors (Lipinski definition) is 1. The van der Waals surface area contributed by atoms with Crippen LogP contribution in [-0.4, -0.2) is 32.4 Å². The molecule has 0 spiro atoms. The van der Waals surface area contributed by atoms with Crippen molar-refractivity contribution in [2.45, 2.75) is 31.0 Å². The molecular weight excluding hydrogens is 346 g/mol. The number of amides is 1. The maximum atomic E-state index is 12.1. The molecule has 2 heterocycles. The molecule has 134 valence electrons. The number of rotatable bonds is 7. The molecule has 0 aliphatic heterocycles. The molecule has 0 aliphatic rings. The van der Waals surface area contributed by atoms with E-state index in [1.807, 2.05) is 44.2 Å². The molecule has 6 nitrogen and oxygen atoms in total. The highest BCUT2D eigenvalue weighted by Gasteiger charge is 2.15. The van der Waals surface area contributed by atoms with E-state index in [-0.39, 0.29) is 5.91 Å². The first-order valence-corrected chi connectivity index (χ1v) is 9.51. The molecule has 0 radical (unpaired) electrons. The van der Waals surface area contributed by atoms with Gasteiger partial charge in [0.1, 0.15) is 5.03 Å². The third-order valence-electron chi connectivity index (χ3n) is 3.86. The van der Waals surface area contributed by atoms with Crippen molar-refractivity contribution in [1.82, 2.24) is 25.3 Å². The van der Waals surface area contributed by atoms with E-state index in [1.54, 1.807) is 22.6 Å². The van der Waals surface area contributed by atoms with Gasteiger partial charge in [-0.3, -0.25) is 4.79 Å². The smallest absolute Gasteiger partial charge is 0.254 e. The maximum Gasteiger partial charge on any atom is 0.254 e. The van der Waals surface area contributed by atoms with Crippen molar-refractivity contribution < 1.29 is 4.79 Å².